The third-order valence-electron chi connectivity index (χ3n) is 3.62. The molecule has 3 N–H and O–H groups in total. The SMILES string of the molecule is CC(C)NC(=O)CNC(=O)C[NH+](C)Cc1ccc(-c2ccc(Cl)cc2)o1. The van der Waals surface area contributed by atoms with Crippen LogP contribution in [0.2, 0.25) is 5.02 Å². The van der Waals surface area contributed by atoms with Crippen LogP contribution in [0.15, 0.2) is 40.8 Å². The quantitative estimate of drug-likeness (QED) is 0.647. The molecule has 0 fully saturated rings. The molecule has 0 aliphatic heterocycles. The minimum atomic E-state index is -0.190. The van der Waals surface area contributed by atoms with Gasteiger partial charge in [0.25, 0.3) is 5.91 Å². The summed E-state index contributed by atoms with van der Waals surface area (Å²) in [6, 6.07) is 11.3. The van der Waals surface area contributed by atoms with E-state index in [9.17, 15) is 9.59 Å². The number of benzene rings is 1. The van der Waals surface area contributed by atoms with Crippen LogP contribution in [-0.4, -0.2) is 38.0 Å². The second-order valence-corrected chi connectivity index (χ2v) is 7.02. The minimum absolute atomic E-state index is 0.00817. The van der Waals surface area contributed by atoms with Crippen molar-refractivity contribution >= 4 is 23.4 Å². The summed E-state index contributed by atoms with van der Waals surface area (Å²) in [5, 5.41) is 6.03. The number of amides is 2. The largest absolute Gasteiger partial charge is 0.455 e. The predicted molar refractivity (Wildman–Crippen MR) is 101 cm³/mol. The van der Waals surface area contributed by atoms with Gasteiger partial charge in [0.2, 0.25) is 5.91 Å². The Bertz CT molecular complexity index is 741. The zero-order valence-corrected chi connectivity index (χ0v) is 16.0. The van der Waals surface area contributed by atoms with Gasteiger partial charge in [-0.1, -0.05) is 11.6 Å². The number of likely N-dealkylation sites (N-methyl/N-ethyl adjacent to an activating group) is 1. The van der Waals surface area contributed by atoms with Gasteiger partial charge in [-0.2, -0.15) is 0 Å². The molecule has 0 saturated heterocycles. The molecule has 7 heteroatoms. The van der Waals surface area contributed by atoms with Crippen molar-refractivity contribution in [1.29, 1.82) is 0 Å². The molecule has 0 aliphatic carbocycles. The highest BCUT2D eigenvalue weighted by atomic mass is 35.5. The zero-order chi connectivity index (χ0) is 19.1. The molecular formula is C19H25ClN3O3+. The lowest BCUT2D eigenvalue weighted by molar-refractivity contribution is -0.886. The Balaban J connectivity index is 1.80. The number of nitrogens with one attached hydrogen (secondary N) is 3. The Hall–Kier alpha value is -2.31. The van der Waals surface area contributed by atoms with Gasteiger partial charge >= 0.3 is 0 Å². The number of halogens is 1. The molecule has 6 nitrogen and oxygen atoms in total. The van der Waals surface area contributed by atoms with E-state index < -0.39 is 0 Å². The summed E-state index contributed by atoms with van der Waals surface area (Å²) in [5.74, 6) is 1.19. The second kappa shape index (κ2) is 9.40. The molecule has 140 valence electrons. The molecule has 0 aliphatic rings. The molecule has 1 aromatic carbocycles. The van der Waals surface area contributed by atoms with E-state index in [-0.39, 0.29) is 30.9 Å². The molecule has 2 rings (SSSR count). The van der Waals surface area contributed by atoms with Crippen LogP contribution in [-0.2, 0) is 16.1 Å². The van der Waals surface area contributed by atoms with Crippen LogP contribution < -0.4 is 15.5 Å². The van der Waals surface area contributed by atoms with Crippen LogP contribution in [0.1, 0.15) is 19.6 Å². The van der Waals surface area contributed by atoms with Crippen molar-refractivity contribution in [1.82, 2.24) is 10.6 Å². The Labute approximate surface area is 158 Å². The van der Waals surface area contributed by atoms with Gasteiger partial charge in [-0.05, 0) is 50.2 Å². The summed E-state index contributed by atoms with van der Waals surface area (Å²) in [6.07, 6.45) is 0. The Morgan fingerprint density at radius 2 is 1.81 bits per heavy atom. The van der Waals surface area contributed by atoms with Crippen molar-refractivity contribution in [3.05, 3.63) is 47.2 Å². The Morgan fingerprint density at radius 3 is 2.46 bits per heavy atom. The minimum Gasteiger partial charge on any atom is -0.455 e. The van der Waals surface area contributed by atoms with Crippen LogP contribution in [0, 0.1) is 0 Å². The van der Waals surface area contributed by atoms with Crippen molar-refractivity contribution in [3.63, 3.8) is 0 Å². The third-order valence-corrected chi connectivity index (χ3v) is 3.88. The maximum absolute atomic E-state index is 11.9. The first-order valence-corrected chi connectivity index (χ1v) is 8.93. The summed E-state index contributed by atoms with van der Waals surface area (Å²) in [7, 11) is 1.90. The maximum Gasteiger partial charge on any atom is 0.275 e. The molecule has 2 amide bonds. The Morgan fingerprint density at radius 1 is 1.12 bits per heavy atom. The average molecular weight is 379 g/mol. The smallest absolute Gasteiger partial charge is 0.275 e. The van der Waals surface area contributed by atoms with Crippen molar-refractivity contribution in [2.75, 3.05) is 20.1 Å². The Kier molecular flexibility index (Phi) is 7.24. The molecule has 1 heterocycles. The monoisotopic (exact) mass is 378 g/mol. The van der Waals surface area contributed by atoms with Gasteiger partial charge in [0, 0.05) is 16.6 Å². The van der Waals surface area contributed by atoms with Gasteiger partial charge in [-0.15, -0.1) is 0 Å². The van der Waals surface area contributed by atoms with Crippen LogP contribution in [0.4, 0.5) is 0 Å². The number of furan rings is 1. The highest BCUT2D eigenvalue weighted by Crippen LogP contribution is 2.23. The summed E-state index contributed by atoms with van der Waals surface area (Å²) < 4.78 is 5.84. The highest BCUT2D eigenvalue weighted by molar-refractivity contribution is 6.30. The van der Waals surface area contributed by atoms with E-state index in [0.717, 1.165) is 22.0 Å². The first-order valence-electron chi connectivity index (χ1n) is 8.55. The average Bonchev–Trinajstić information content (AvgIpc) is 3.01. The van der Waals surface area contributed by atoms with E-state index in [1.807, 2.05) is 57.3 Å². The van der Waals surface area contributed by atoms with E-state index >= 15 is 0 Å². The van der Waals surface area contributed by atoms with Crippen molar-refractivity contribution in [2.45, 2.75) is 26.4 Å². The molecule has 0 bridgehead atoms. The molecule has 0 spiro atoms. The first-order chi connectivity index (χ1) is 12.3. The summed E-state index contributed by atoms with van der Waals surface area (Å²) in [6.45, 7) is 4.56. The molecule has 0 saturated carbocycles. The lowest BCUT2D eigenvalue weighted by Gasteiger charge is -2.13. The van der Waals surface area contributed by atoms with Gasteiger partial charge in [-0.25, -0.2) is 0 Å². The number of rotatable bonds is 8. The number of quaternary nitrogens is 1. The second-order valence-electron chi connectivity index (χ2n) is 6.58. The first kappa shape index (κ1) is 20.0. The van der Waals surface area contributed by atoms with E-state index in [0.29, 0.717) is 11.6 Å². The number of carbonyl (C=O) groups excluding carboxylic acids is 2. The van der Waals surface area contributed by atoms with Crippen molar-refractivity contribution in [3.8, 4) is 11.3 Å². The third kappa shape index (κ3) is 6.54. The highest BCUT2D eigenvalue weighted by Gasteiger charge is 2.14. The molecule has 1 atom stereocenters. The normalized spacial score (nSPS) is 12.0. The molecular weight excluding hydrogens is 354 g/mol. The van der Waals surface area contributed by atoms with E-state index in [4.69, 9.17) is 16.0 Å². The van der Waals surface area contributed by atoms with Gasteiger partial charge in [0.05, 0.1) is 13.6 Å². The van der Waals surface area contributed by atoms with Crippen LogP contribution in [0.3, 0.4) is 0 Å². The molecule has 26 heavy (non-hydrogen) atoms. The molecule has 2 aromatic rings. The number of hydrogen-bond donors (Lipinski definition) is 3. The van der Waals surface area contributed by atoms with E-state index in [2.05, 4.69) is 10.6 Å². The van der Waals surface area contributed by atoms with Crippen LogP contribution in [0.5, 0.6) is 0 Å². The van der Waals surface area contributed by atoms with E-state index in [1.165, 1.54) is 0 Å². The standard InChI is InChI=1S/C19H24ClN3O3/c1-13(2)22-18(24)10-21-19(25)12-23(3)11-16-8-9-17(26-16)14-4-6-15(20)7-5-14/h4-9,13H,10-12H2,1-3H3,(H,21,25)(H,22,24)/p+1. The van der Waals surface area contributed by atoms with Crippen LogP contribution >= 0.6 is 11.6 Å². The fourth-order valence-electron chi connectivity index (χ4n) is 2.49. The van der Waals surface area contributed by atoms with E-state index in [1.54, 1.807) is 0 Å². The summed E-state index contributed by atoms with van der Waals surface area (Å²) >= 11 is 5.89. The topological polar surface area (TPSA) is 75.8 Å². The fraction of sp³-hybridized carbons (Fsp3) is 0.368. The van der Waals surface area contributed by atoms with Gasteiger partial charge in [0.1, 0.15) is 12.3 Å². The van der Waals surface area contributed by atoms with Gasteiger partial charge < -0.3 is 20.0 Å². The van der Waals surface area contributed by atoms with Gasteiger partial charge in [-0.3, -0.25) is 9.59 Å². The molecule has 1 unspecified atom stereocenters. The predicted octanol–water partition coefficient (Wildman–Crippen LogP) is 1.26. The van der Waals surface area contributed by atoms with Crippen molar-refractivity contribution < 1.29 is 18.9 Å². The maximum atomic E-state index is 11.9. The molecule has 0 radical (unpaired) electrons. The lowest BCUT2D eigenvalue weighted by Crippen LogP contribution is -3.08. The fourth-order valence-corrected chi connectivity index (χ4v) is 2.62. The zero-order valence-electron chi connectivity index (χ0n) is 15.3. The summed E-state index contributed by atoms with van der Waals surface area (Å²) in [4.78, 5) is 24.4. The number of carbonyl (C=O) groups is 2. The molecule has 1 aromatic heterocycles. The summed E-state index contributed by atoms with van der Waals surface area (Å²) in [5.41, 5.74) is 0.951. The van der Waals surface area contributed by atoms with Crippen LogP contribution in [0.25, 0.3) is 11.3 Å². The lowest BCUT2D eigenvalue weighted by atomic mass is 10.2. The van der Waals surface area contributed by atoms with Crippen molar-refractivity contribution in [2.24, 2.45) is 0 Å². The van der Waals surface area contributed by atoms with Gasteiger partial charge in [0.15, 0.2) is 12.3 Å². The number of hydrogen-bond acceptors (Lipinski definition) is 3.